The van der Waals surface area contributed by atoms with Crippen LogP contribution in [0.2, 0.25) is 0 Å². The van der Waals surface area contributed by atoms with Crippen molar-refractivity contribution in [3.05, 3.63) is 0 Å². The predicted octanol–water partition coefficient (Wildman–Crippen LogP) is 2.12. The molecule has 0 amide bonds. The average Bonchev–Trinajstić information content (AvgIpc) is 2.94. The fraction of sp³-hybridized carbons (Fsp3) is 1.00. The number of ether oxygens (including phenoxy) is 1. The molecule has 106 valence electrons. The van der Waals surface area contributed by atoms with E-state index < -0.39 is 0 Å². The topological polar surface area (TPSA) is 24.5 Å². The van der Waals surface area contributed by atoms with Gasteiger partial charge in [-0.25, -0.2) is 0 Å². The lowest BCUT2D eigenvalue weighted by molar-refractivity contribution is 0.180. The van der Waals surface area contributed by atoms with Crippen molar-refractivity contribution in [3.8, 4) is 0 Å². The highest BCUT2D eigenvalue weighted by molar-refractivity contribution is 4.81. The summed E-state index contributed by atoms with van der Waals surface area (Å²) in [5.41, 5.74) is 0.259. The third-order valence-electron chi connectivity index (χ3n) is 4.17. The van der Waals surface area contributed by atoms with Gasteiger partial charge in [0.1, 0.15) is 0 Å². The zero-order valence-electron chi connectivity index (χ0n) is 12.4. The Bertz CT molecular complexity index is 243. The van der Waals surface area contributed by atoms with Crippen LogP contribution in [0.15, 0.2) is 0 Å². The highest BCUT2D eigenvalue weighted by Gasteiger charge is 2.24. The van der Waals surface area contributed by atoms with Crippen LogP contribution in [-0.4, -0.2) is 49.8 Å². The van der Waals surface area contributed by atoms with Crippen molar-refractivity contribution in [1.29, 1.82) is 0 Å². The van der Waals surface area contributed by atoms with Crippen LogP contribution in [0.5, 0.6) is 0 Å². The minimum Gasteiger partial charge on any atom is -0.381 e. The van der Waals surface area contributed by atoms with Crippen LogP contribution >= 0.6 is 0 Å². The molecule has 2 fully saturated rings. The first-order chi connectivity index (χ1) is 8.53. The van der Waals surface area contributed by atoms with Crippen molar-refractivity contribution in [2.45, 2.75) is 45.6 Å². The molecule has 2 rings (SSSR count). The zero-order chi connectivity index (χ0) is 13.0. The number of rotatable bonds is 5. The molecule has 2 saturated heterocycles. The molecule has 0 aromatic rings. The Morgan fingerprint density at radius 3 is 2.72 bits per heavy atom. The summed E-state index contributed by atoms with van der Waals surface area (Å²) in [6.07, 6.45) is 3.98. The Balaban J connectivity index is 1.59. The molecule has 0 bridgehead atoms. The summed E-state index contributed by atoms with van der Waals surface area (Å²) in [4.78, 5) is 2.65. The summed E-state index contributed by atoms with van der Waals surface area (Å²) >= 11 is 0. The lowest BCUT2D eigenvalue weighted by Gasteiger charge is -2.23. The maximum Gasteiger partial charge on any atom is 0.0495 e. The Hall–Kier alpha value is -0.120. The van der Waals surface area contributed by atoms with Gasteiger partial charge in [-0.2, -0.15) is 0 Å². The number of hydrogen-bond donors (Lipinski definition) is 1. The second-order valence-electron chi connectivity index (χ2n) is 7.10. The standard InChI is InChI=1S/C15H30N2O/c1-15(2,3)16-10-14-5-8-17(11-14)7-4-13-6-9-18-12-13/h13-14,16H,4-12H2,1-3H3. The quantitative estimate of drug-likeness (QED) is 0.813. The van der Waals surface area contributed by atoms with Crippen LogP contribution in [0.25, 0.3) is 0 Å². The van der Waals surface area contributed by atoms with E-state index >= 15 is 0 Å². The van der Waals surface area contributed by atoms with Gasteiger partial charge in [-0.3, -0.25) is 0 Å². The Kier molecular flexibility index (Phi) is 5.05. The number of hydrogen-bond acceptors (Lipinski definition) is 3. The van der Waals surface area contributed by atoms with Gasteiger partial charge in [0, 0.05) is 25.3 Å². The lowest BCUT2D eigenvalue weighted by atomic mass is 10.0. The van der Waals surface area contributed by atoms with Gasteiger partial charge in [-0.1, -0.05) is 0 Å². The van der Waals surface area contributed by atoms with Gasteiger partial charge in [0.05, 0.1) is 0 Å². The second-order valence-corrected chi connectivity index (χ2v) is 7.10. The van der Waals surface area contributed by atoms with Crippen molar-refractivity contribution < 1.29 is 4.74 Å². The van der Waals surface area contributed by atoms with Gasteiger partial charge in [-0.15, -0.1) is 0 Å². The van der Waals surface area contributed by atoms with Crippen LogP contribution in [0.1, 0.15) is 40.0 Å². The first-order valence-corrected chi connectivity index (χ1v) is 7.58. The molecule has 3 heteroatoms. The monoisotopic (exact) mass is 254 g/mol. The predicted molar refractivity (Wildman–Crippen MR) is 75.8 cm³/mol. The van der Waals surface area contributed by atoms with Crippen LogP contribution in [-0.2, 0) is 4.74 Å². The molecule has 0 spiro atoms. The molecule has 2 aliphatic rings. The average molecular weight is 254 g/mol. The minimum absolute atomic E-state index is 0.259. The molecule has 2 aliphatic heterocycles. The second kappa shape index (κ2) is 6.36. The molecule has 2 unspecified atom stereocenters. The molecule has 2 atom stereocenters. The van der Waals surface area contributed by atoms with Gasteiger partial charge in [0.2, 0.25) is 0 Å². The number of likely N-dealkylation sites (tertiary alicyclic amines) is 1. The minimum atomic E-state index is 0.259. The molecule has 0 aromatic carbocycles. The highest BCUT2D eigenvalue weighted by Crippen LogP contribution is 2.20. The van der Waals surface area contributed by atoms with E-state index in [0.29, 0.717) is 0 Å². The van der Waals surface area contributed by atoms with Crippen molar-refractivity contribution in [2.24, 2.45) is 11.8 Å². The first-order valence-electron chi connectivity index (χ1n) is 7.58. The van der Waals surface area contributed by atoms with E-state index in [2.05, 4.69) is 31.0 Å². The Morgan fingerprint density at radius 1 is 1.22 bits per heavy atom. The molecule has 1 N–H and O–H groups in total. The van der Waals surface area contributed by atoms with E-state index in [1.165, 1.54) is 45.4 Å². The van der Waals surface area contributed by atoms with Gasteiger partial charge in [0.15, 0.2) is 0 Å². The van der Waals surface area contributed by atoms with Crippen LogP contribution < -0.4 is 5.32 Å². The smallest absolute Gasteiger partial charge is 0.0495 e. The van der Waals surface area contributed by atoms with Crippen molar-refractivity contribution in [2.75, 3.05) is 39.4 Å². The van der Waals surface area contributed by atoms with E-state index in [4.69, 9.17) is 4.74 Å². The molecular weight excluding hydrogens is 224 g/mol. The first kappa shape index (κ1) is 14.3. The van der Waals surface area contributed by atoms with Crippen molar-refractivity contribution in [1.82, 2.24) is 10.2 Å². The largest absolute Gasteiger partial charge is 0.381 e. The summed E-state index contributed by atoms with van der Waals surface area (Å²) in [5.74, 6) is 1.68. The molecular formula is C15H30N2O. The summed E-state index contributed by atoms with van der Waals surface area (Å²) in [7, 11) is 0. The normalized spacial score (nSPS) is 30.2. The molecule has 3 nitrogen and oxygen atoms in total. The highest BCUT2D eigenvalue weighted by atomic mass is 16.5. The fourth-order valence-corrected chi connectivity index (χ4v) is 2.91. The van der Waals surface area contributed by atoms with E-state index in [1.54, 1.807) is 0 Å². The van der Waals surface area contributed by atoms with E-state index in [1.807, 2.05) is 0 Å². The molecule has 0 saturated carbocycles. The van der Waals surface area contributed by atoms with Crippen LogP contribution in [0.3, 0.4) is 0 Å². The van der Waals surface area contributed by atoms with Gasteiger partial charge in [-0.05, 0) is 71.5 Å². The van der Waals surface area contributed by atoms with E-state index in [9.17, 15) is 0 Å². The van der Waals surface area contributed by atoms with Crippen molar-refractivity contribution >= 4 is 0 Å². The van der Waals surface area contributed by atoms with Crippen molar-refractivity contribution in [3.63, 3.8) is 0 Å². The Morgan fingerprint density at radius 2 is 2.06 bits per heavy atom. The lowest BCUT2D eigenvalue weighted by Crippen LogP contribution is -2.39. The van der Waals surface area contributed by atoms with Gasteiger partial charge >= 0.3 is 0 Å². The maximum absolute atomic E-state index is 5.44. The third-order valence-corrected chi connectivity index (χ3v) is 4.17. The molecule has 2 heterocycles. The third kappa shape index (κ3) is 4.87. The molecule has 0 radical (unpaired) electrons. The summed E-state index contributed by atoms with van der Waals surface area (Å²) in [6, 6.07) is 0. The van der Waals surface area contributed by atoms with Gasteiger partial charge < -0.3 is 15.0 Å². The Labute approximate surface area is 112 Å². The van der Waals surface area contributed by atoms with Crippen LogP contribution in [0.4, 0.5) is 0 Å². The summed E-state index contributed by atoms with van der Waals surface area (Å²) in [6.45, 7) is 13.8. The molecule has 0 aromatic heterocycles. The van der Waals surface area contributed by atoms with Gasteiger partial charge in [0.25, 0.3) is 0 Å². The SMILES string of the molecule is CC(C)(C)NCC1CCN(CCC2CCOC2)C1. The fourth-order valence-electron chi connectivity index (χ4n) is 2.91. The van der Waals surface area contributed by atoms with Crippen LogP contribution in [0, 0.1) is 11.8 Å². The molecule has 18 heavy (non-hydrogen) atoms. The maximum atomic E-state index is 5.44. The van der Waals surface area contributed by atoms with E-state index in [0.717, 1.165) is 25.0 Å². The number of nitrogens with zero attached hydrogens (tertiary/aromatic N) is 1. The van der Waals surface area contributed by atoms with E-state index in [-0.39, 0.29) is 5.54 Å². The summed E-state index contributed by atoms with van der Waals surface area (Å²) < 4.78 is 5.44. The summed E-state index contributed by atoms with van der Waals surface area (Å²) in [5, 5.41) is 3.63. The zero-order valence-corrected chi connectivity index (χ0v) is 12.4. The number of nitrogens with one attached hydrogen (secondary N) is 1. The molecule has 0 aliphatic carbocycles.